The molecule has 0 aromatic rings. The minimum atomic E-state index is -4.73. The van der Waals surface area contributed by atoms with Gasteiger partial charge in [0, 0.05) is 0 Å². The summed E-state index contributed by atoms with van der Waals surface area (Å²) in [6.45, 7) is 0. The Morgan fingerprint density at radius 3 is 1.86 bits per heavy atom. The topological polar surface area (TPSA) is 34.1 Å². The van der Waals surface area contributed by atoms with Crippen LogP contribution in [0.5, 0.6) is 0 Å². The highest BCUT2D eigenvalue weighted by Crippen LogP contribution is 1.90. The highest BCUT2D eigenvalue weighted by molar-refractivity contribution is 7.89. The van der Waals surface area contributed by atoms with E-state index < -0.39 is 10.2 Å². The van der Waals surface area contributed by atoms with Crippen molar-refractivity contribution in [2.75, 3.05) is 0 Å². The zero-order valence-electron chi connectivity index (χ0n) is 3.14. The Morgan fingerprint density at radius 1 is 1.43 bits per heavy atom. The zero-order chi connectivity index (χ0) is 5.91. The summed E-state index contributed by atoms with van der Waals surface area (Å²) in [7, 11) is -4.73. The predicted molar refractivity (Wildman–Crippen MR) is 20.3 cm³/mol. The van der Waals surface area contributed by atoms with E-state index in [1.807, 2.05) is 0 Å². The third kappa shape index (κ3) is 5.55. The molecule has 42 valence electrons. The first kappa shape index (κ1) is 6.55. The van der Waals surface area contributed by atoms with E-state index in [4.69, 9.17) is 0 Å². The quantitative estimate of drug-likeness (QED) is 0.488. The van der Waals surface area contributed by atoms with Crippen molar-refractivity contribution >= 4 is 10.2 Å². The molecule has 7 heavy (non-hydrogen) atoms. The second-order valence-electron chi connectivity index (χ2n) is 0.738. The second-order valence-corrected chi connectivity index (χ2v) is 1.96. The van der Waals surface area contributed by atoms with E-state index in [0.29, 0.717) is 0 Å². The van der Waals surface area contributed by atoms with Gasteiger partial charge in [-0.15, -0.1) is 3.89 Å². The maximum absolute atomic E-state index is 11.0. The molecule has 0 atom stereocenters. The van der Waals surface area contributed by atoms with Crippen molar-refractivity contribution in [3.05, 3.63) is 11.7 Å². The number of hydrogen-bond donors (Lipinski definition) is 0. The molecule has 0 bridgehead atoms. The van der Waals surface area contributed by atoms with Crippen LogP contribution in [0, 0.1) is 0 Å². The molecule has 0 aliphatic heterocycles. The summed E-state index contributed by atoms with van der Waals surface area (Å²) in [6, 6.07) is 0. The number of rotatable bonds is 1. The first-order valence-corrected chi connectivity index (χ1v) is 2.72. The SMILES string of the molecule is O=S(=O)(F)C=CF. The lowest BCUT2D eigenvalue weighted by atomic mass is 11.2. The maximum Gasteiger partial charge on any atom is 0.327 e. The van der Waals surface area contributed by atoms with Crippen molar-refractivity contribution in [1.82, 2.24) is 0 Å². The molecule has 5 heteroatoms. The Morgan fingerprint density at radius 2 is 1.86 bits per heavy atom. The molecule has 0 spiro atoms. The van der Waals surface area contributed by atoms with Gasteiger partial charge < -0.3 is 0 Å². The molecule has 0 amide bonds. The first-order valence-electron chi connectivity index (χ1n) is 1.27. The lowest BCUT2D eigenvalue weighted by Gasteiger charge is -1.70. The molecule has 0 heterocycles. The lowest BCUT2D eigenvalue weighted by molar-refractivity contribution is 0.561. The summed E-state index contributed by atoms with van der Waals surface area (Å²) in [5.74, 6) is 0. The first-order chi connectivity index (χ1) is 3.06. The fourth-order valence-electron chi connectivity index (χ4n) is 0.0614. The van der Waals surface area contributed by atoms with Crippen LogP contribution in [0.3, 0.4) is 0 Å². The third-order valence-corrected chi connectivity index (χ3v) is 0.642. The van der Waals surface area contributed by atoms with Crippen LogP contribution in [0.25, 0.3) is 0 Å². The van der Waals surface area contributed by atoms with Gasteiger partial charge in [0.1, 0.15) is 6.33 Å². The monoisotopic (exact) mass is 128 g/mol. The van der Waals surface area contributed by atoms with E-state index in [1.165, 1.54) is 0 Å². The van der Waals surface area contributed by atoms with E-state index in [1.54, 1.807) is 0 Å². The standard InChI is InChI=1S/C2H2F2O2S/c3-1-2-7(4,5)6/h1-2H. The number of halogens is 2. The molecular weight excluding hydrogens is 126 g/mol. The molecule has 0 radical (unpaired) electrons. The Hall–Kier alpha value is -0.450. The molecule has 0 saturated heterocycles. The third-order valence-electron chi connectivity index (χ3n) is 0.214. The molecule has 0 fully saturated rings. The zero-order valence-corrected chi connectivity index (χ0v) is 3.95. The maximum atomic E-state index is 11.0. The Balaban J connectivity index is 4.13. The molecule has 0 rings (SSSR count). The summed E-state index contributed by atoms with van der Waals surface area (Å²) < 4.78 is 40.2. The average Bonchev–Trinajstić information content (AvgIpc) is 1.30. The summed E-state index contributed by atoms with van der Waals surface area (Å²) >= 11 is 0. The van der Waals surface area contributed by atoms with Crippen molar-refractivity contribution < 1.29 is 16.7 Å². The van der Waals surface area contributed by atoms with Crippen LogP contribution in [-0.2, 0) is 10.2 Å². The predicted octanol–water partition coefficient (Wildman–Crippen LogP) is 0.726. The van der Waals surface area contributed by atoms with Crippen LogP contribution in [0.15, 0.2) is 11.7 Å². The molecule has 0 aromatic heterocycles. The van der Waals surface area contributed by atoms with Crippen LogP contribution in [0.2, 0.25) is 0 Å². The highest BCUT2D eigenvalue weighted by Gasteiger charge is 1.95. The van der Waals surface area contributed by atoms with E-state index in [0.717, 1.165) is 0 Å². The van der Waals surface area contributed by atoms with Gasteiger partial charge in [0.15, 0.2) is 0 Å². The molecule has 0 unspecified atom stereocenters. The highest BCUT2D eigenvalue weighted by atomic mass is 32.3. The summed E-state index contributed by atoms with van der Waals surface area (Å²) in [4.78, 5) is 0. The van der Waals surface area contributed by atoms with Crippen molar-refractivity contribution in [3.8, 4) is 0 Å². The minimum absolute atomic E-state index is 0.174. The smallest absolute Gasteiger partial charge is 0.215 e. The fraction of sp³-hybridized carbons (Fsp3) is 0. The van der Waals surface area contributed by atoms with Gasteiger partial charge in [-0.05, 0) is 0 Å². The summed E-state index contributed by atoms with van der Waals surface area (Å²) in [5.41, 5.74) is 0. The van der Waals surface area contributed by atoms with E-state index >= 15 is 0 Å². The van der Waals surface area contributed by atoms with Crippen LogP contribution in [0.4, 0.5) is 8.28 Å². The fourth-order valence-corrected chi connectivity index (χ4v) is 0.184. The van der Waals surface area contributed by atoms with Gasteiger partial charge in [0.05, 0.1) is 5.41 Å². The van der Waals surface area contributed by atoms with Crippen molar-refractivity contribution in [2.45, 2.75) is 0 Å². The largest absolute Gasteiger partial charge is 0.327 e. The van der Waals surface area contributed by atoms with Crippen LogP contribution >= 0.6 is 0 Å². The molecular formula is C2H2F2O2S. The van der Waals surface area contributed by atoms with E-state index in [-0.39, 0.29) is 11.7 Å². The molecule has 0 N–H and O–H groups in total. The van der Waals surface area contributed by atoms with Crippen molar-refractivity contribution in [3.63, 3.8) is 0 Å². The Labute approximate surface area is 39.7 Å². The van der Waals surface area contributed by atoms with Gasteiger partial charge in [-0.25, -0.2) is 4.39 Å². The molecule has 2 nitrogen and oxygen atoms in total. The molecule has 0 aromatic carbocycles. The van der Waals surface area contributed by atoms with Crippen LogP contribution < -0.4 is 0 Å². The molecule has 0 aliphatic rings. The van der Waals surface area contributed by atoms with Gasteiger partial charge in [0.2, 0.25) is 0 Å². The lowest BCUT2D eigenvalue weighted by Crippen LogP contribution is -1.78. The Bertz CT molecular complexity index is 157. The van der Waals surface area contributed by atoms with Gasteiger partial charge in [-0.3, -0.25) is 0 Å². The van der Waals surface area contributed by atoms with Crippen LogP contribution in [-0.4, -0.2) is 8.42 Å². The van der Waals surface area contributed by atoms with E-state index in [2.05, 4.69) is 0 Å². The molecule has 0 aliphatic carbocycles. The van der Waals surface area contributed by atoms with Crippen LogP contribution in [0.1, 0.15) is 0 Å². The van der Waals surface area contributed by atoms with Gasteiger partial charge in [0.25, 0.3) is 0 Å². The van der Waals surface area contributed by atoms with Crippen molar-refractivity contribution in [2.24, 2.45) is 0 Å². The van der Waals surface area contributed by atoms with E-state index in [9.17, 15) is 16.7 Å². The van der Waals surface area contributed by atoms with Gasteiger partial charge >= 0.3 is 10.2 Å². The normalized spacial score (nSPS) is 12.9. The molecule has 0 saturated carbocycles. The van der Waals surface area contributed by atoms with Crippen molar-refractivity contribution in [1.29, 1.82) is 0 Å². The summed E-state index contributed by atoms with van der Waals surface area (Å²) in [5, 5.41) is -0.174. The van der Waals surface area contributed by atoms with Gasteiger partial charge in [-0.2, -0.15) is 8.42 Å². The van der Waals surface area contributed by atoms with Gasteiger partial charge in [-0.1, -0.05) is 0 Å². The Kier molecular flexibility index (Phi) is 1.89. The minimum Gasteiger partial charge on any atom is -0.215 e. The summed E-state index contributed by atoms with van der Waals surface area (Å²) in [6.07, 6.45) is -0.380. The average molecular weight is 128 g/mol. The second kappa shape index (κ2) is 2.02. The number of hydrogen-bond acceptors (Lipinski definition) is 2.